The van der Waals surface area contributed by atoms with Crippen molar-refractivity contribution in [3.63, 3.8) is 0 Å². The molecule has 2 rings (SSSR count). The minimum atomic E-state index is 0.944. The van der Waals surface area contributed by atoms with E-state index in [9.17, 15) is 0 Å². The Labute approximate surface area is 96.4 Å². The van der Waals surface area contributed by atoms with E-state index in [0.29, 0.717) is 0 Å². The Morgan fingerprint density at radius 3 is 1.44 bits per heavy atom. The molecular formula is C14H16N2. The fourth-order valence-electron chi connectivity index (χ4n) is 1.57. The third-order valence-electron chi connectivity index (χ3n) is 2.73. The van der Waals surface area contributed by atoms with Crippen molar-refractivity contribution in [1.82, 2.24) is 9.97 Å². The van der Waals surface area contributed by atoms with Crippen LogP contribution in [0.3, 0.4) is 0 Å². The SMILES string of the molecule is CCc1ccc(-c2ccc(CC)cn2)nc1. The van der Waals surface area contributed by atoms with Crippen LogP contribution in [0.1, 0.15) is 25.0 Å². The van der Waals surface area contributed by atoms with Gasteiger partial charge in [0, 0.05) is 12.4 Å². The van der Waals surface area contributed by atoms with Gasteiger partial charge >= 0.3 is 0 Å². The summed E-state index contributed by atoms with van der Waals surface area (Å²) in [5.41, 5.74) is 4.41. The van der Waals surface area contributed by atoms with Gasteiger partial charge in [0.1, 0.15) is 0 Å². The molecule has 0 atom stereocenters. The van der Waals surface area contributed by atoms with E-state index in [-0.39, 0.29) is 0 Å². The summed E-state index contributed by atoms with van der Waals surface area (Å²) in [5.74, 6) is 0. The van der Waals surface area contributed by atoms with E-state index in [1.807, 2.05) is 24.5 Å². The molecule has 0 unspecified atom stereocenters. The molecule has 0 radical (unpaired) electrons. The van der Waals surface area contributed by atoms with Gasteiger partial charge in [0.15, 0.2) is 0 Å². The highest BCUT2D eigenvalue weighted by Crippen LogP contribution is 2.15. The van der Waals surface area contributed by atoms with Crippen LogP contribution in [0, 0.1) is 0 Å². The monoisotopic (exact) mass is 212 g/mol. The number of rotatable bonds is 3. The molecule has 16 heavy (non-hydrogen) atoms. The van der Waals surface area contributed by atoms with Gasteiger partial charge in [0.05, 0.1) is 11.4 Å². The maximum Gasteiger partial charge on any atom is 0.0886 e. The fourth-order valence-corrected chi connectivity index (χ4v) is 1.57. The molecular weight excluding hydrogens is 196 g/mol. The second kappa shape index (κ2) is 4.88. The van der Waals surface area contributed by atoms with Crippen LogP contribution in [-0.2, 0) is 12.8 Å². The van der Waals surface area contributed by atoms with E-state index in [1.54, 1.807) is 0 Å². The second-order valence-corrected chi connectivity index (χ2v) is 3.81. The van der Waals surface area contributed by atoms with E-state index in [0.717, 1.165) is 24.2 Å². The Balaban J connectivity index is 2.28. The smallest absolute Gasteiger partial charge is 0.0886 e. The highest BCUT2D eigenvalue weighted by Gasteiger charge is 2.00. The largest absolute Gasteiger partial charge is 0.254 e. The van der Waals surface area contributed by atoms with Crippen molar-refractivity contribution in [1.29, 1.82) is 0 Å². The first-order valence-electron chi connectivity index (χ1n) is 5.73. The molecule has 0 aromatic carbocycles. The number of hydrogen-bond donors (Lipinski definition) is 0. The minimum Gasteiger partial charge on any atom is -0.254 e. The summed E-state index contributed by atoms with van der Waals surface area (Å²) in [6.45, 7) is 4.26. The number of hydrogen-bond acceptors (Lipinski definition) is 2. The van der Waals surface area contributed by atoms with Gasteiger partial charge < -0.3 is 0 Å². The molecule has 0 fully saturated rings. The molecule has 0 amide bonds. The lowest BCUT2D eigenvalue weighted by Gasteiger charge is -2.02. The Hall–Kier alpha value is -1.70. The molecule has 0 saturated heterocycles. The molecule has 82 valence electrons. The van der Waals surface area contributed by atoms with E-state index in [4.69, 9.17) is 0 Å². The molecule has 2 aromatic rings. The molecule has 0 bridgehead atoms. The van der Waals surface area contributed by atoms with Gasteiger partial charge in [-0.05, 0) is 36.1 Å². The van der Waals surface area contributed by atoms with Gasteiger partial charge in [-0.2, -0.15) is 0 Å². The van der Waals surface area contributed by atoms with E-state index < -0.39 is 0 Å². The zero-order chi connectivity index (χ0) is 11.4. The third-order valence-corrected chi connectivity index (χ3v) is 2.73. The Bertz CT molecular complexity index is 398. The molecule has 0 aliphatic rings. The van der Waals surface area contributed by atoms with E-state index in [2.05, 4.69) is 35.9 Å². The molecule has 2 nitrogen and oxygen atoms in total. The molecule has 2 heterocycles. The Kier molecular flexibility index (Phi) is 3.30. The summed E-state index contributed by atoms with van der Waals surface area (Å²) in [4.78, 5) is 8.83. The van der Waals surface area contributed by atoms with Crippen LogP contribution in [0.25, 0.3) is 11.4 Å². The quantitative estimate of drug-likeness (QED) is 0.780. The summed E-state index contributed by atoms with van der Waals surface area (Å²) in [6, 6.07) is 8.29. The molecule has 2 heteroatoms. The molecule has 0 spiro atoms. The van der Waals surface area contributed by atoms with Gasteiger partial charge in [-0.3, -0.25) is 9.97 Å². The number of aromatic nitrogens is 2. The van der Waals surface area contributed by atoms with Crippen LogP contribution in [0.2, 0.25) is 0 Å². The predicted molar refractivity (Wildman–Crippen MR) is 66.2 cm³/mol. The van der Waals surface area contributed by atoms with Gasteiger partial charge in [0.25, 0.3) is 0 Å². The Morgan fingerprint density at radius 2 is 1.19 bits per heavy atom. The lowest BCUT2D eigenvalue weighted by molar-refractivity contribution is 1.09. The molecule has 0 aliphatic carbocycles. The second-order valence-electron chi connectivity index (χ2n) is 3.81. The predicted octanol–water partition coefficient (Wildman–Crippen LogP) is 3.27. The van der Waals surface area contributed by atoms with Crippen LogP contribution in [0.15, 0.2) is 36.7 Å². The van der Waals surface area contributed by atoms with E-state index in [1.165, 1.54) is 11.1 Å². The fraction of sp³-hybridized carbons (Fsp3) is 0.286. The standard InChI is InChI=1S/C14H16N2/c1-3-11-5-7-13(15-9-11)14-8-6-12(4-2)10-16-14/h5-10H,3-4H2,1-2H3. The van der Waals surface area contributed by atoms with Crippen LogP contribution >= 0.6 is 0 Å². The first kappa shape index (κ1) is 10.8. The summed E-state index contributed by atoms with van der Waals surface area (Å²) in [7, 11) is 0. The van der Waals surface area contributed by atoms with Crippen molar-refractivity contribution in [2.45, 2.75) is 26.7 Å². The highest BCUT2D eigenvalue weighted by molar-refractivity contribution is 5.54. The average molecular weight is 212 g/mol. The van der Waals surface area contributed by atoms with Crippen molar-refractivity contribution < 1.29 is 0 Å². The van der Waals surface area contributed by atoms with Crippen LogP contribution in [0.4, 0.5) is 0 Å². The normalized spacial score (nSPS) is 10.4. The molecule has 0 aliphatic heterocycles. The first-order chi connectivity index (χ1) is 7.83. The number of pyridine rings is 2. The number of nitrogens with zero attached hydrogens (tertiary/aromatic N) is 2. The highest BCUT2D eigenvalue weighted by atomic mass is 14.8. The zero-order valence-electron chi connectivity index (χ0n) is 9.77. The first-order valence-corrected chi connectivity index (χ1v) is 5.73. The summed E-state index contributed by atoms with van der Waals surface area (Å²) >= 11 is 0. The van der Waals surface area contributed by atoms with Crippen LogP contribution < -0.4 is 0 Å². The molecule has 2 aromatic heterocycles. The van der Waals surface area contributed by atoms with Gasteiger partial charge in [0.2, 0.25) is 0 Å². The minimum absolute atomic E-state index is 0.944. The van der Waals surface area contributed by atoms with E-state index >= 15 is 0 Å². The third kappa shape index (κ3) is 2.27. The van der Waals surface area contributed by atoms with Crippen molar-refractivity contribution in [2.24, 2.45) is 0 Å². The maximum atomic E-state index is 4.41. The lowest BCUT2D eigenvalue weighted by atomic mass is 10.1. The summed E-state index contributed by atoms with van der Waals surface area (Å²) < 4.78 is 0. The van der Waals surface area contributed by atoms with Crippen molar-refractivity contribution in [2.75, 3.05) is 0 Å². The van der Waals surface area contributed by atoms with Gasteiger partial charge in [-0.1, -0.05) is 26.0 Å². The van der Waals surface area contributed by atoms with Gasteiger partial charge in [-0.15, -0.1) is 0 Å². The van der Waals surface area contributed by atoms with Crippen LogP contribution in [-0.4, -0.2) is 9.97 Å². The summed E-state index contributed by atoms with van der Waals surface area (Å²) in [5, 5.41) is 0. The number of aryl methyl sites for hydroxylation is 2. The van der Waals surface area contributed by atoms with Crippen molar-refractivity contribution >= 4 is 0 Å². The zero-order valence-corrected chi connectivity index (χ0v) is 9.77. The van der Waals surface area contributed by atoms with Gasteiger partial charge in [-0.25, -0.2) is 0 Å². The Morgan fingerprint density at radius 1 is 0.750 bits per heavy atom. The van der Waals surface area contributed by atoms with Crippen molar-refractivity contribution in [3.8, 4) is 11.4 Å². The maximum absolute atomic E-state index is 4.41. The molecule has 0 N–H and O–H groups in total. The lowest BCUT2D eigenvalue weighted by Crippen LogP contribution is -1.90. The summed E-state index contributed by atoms with van der Waals surface area (Å²) in [6.07, 6.45) is 5.89. The van der Waals surface area contributed by atoms with Crippen molar-refractivity contribution in [3.05, 3.63) is 47.8 Å². The average Bonchev–Trinajstić information content (AvgIpc) is 2.39. The topological polar surface area (TPSA) is 25.8 Å². The molecule has 0 saturated carbocycles. The van der Waals surface area contributed by atoms with Crippen LogP contribution in [0.5, 0.6) is 0 Å².